The standard InChI is InChI=1S/C25H16F5NO4/c1-12(31-20-5-3-2-4-16(20)24(33)34)17-8-13(25(28,29)30)9-18-21(32)11-22(35-23(17)18)15-7-6-14(26)10-19(15)27/h2-12,31H,1H3,(H,33,34). The molecule has 0 aliphatic carbocycles. The molecule has 5 nitrogen and oxygen atoms in total. The molecule has 35 heavy (non-hydrogen) atoms. The molecule has 0 aliphatic rings. The van der Waals surface area contributed by atoms with Crippen LogP contribution in [0.25, 0.3) is 22.3 Å². The van der Waals surface area contributed by atoms with E-state index in [0.29, 0.717) is 12.1 Å². The Kier molecular flexibility index (Phi) is 6.06. The van der Waals surface area contributed by atoms with Crippen LogP contribution >= 0.6 is 0 Å². The monoisotopic (exact) mass is 489 g/mol. The summed E-state index contributed by atoms with van der Waals surface area (Å²) in [6.45, 7) is 1.46. The zero-order chi connectivity index (χ0) is 25.5. The fraction of sp³-hybridized carbons (Fsp3) is 0.120. The molecule has 0 aliphatic heterocycles. The maximum Gasteiger partial charge on any atom is 0.416 e. The van der Waals surface area contributed by atoms with Gasteiger partial charge in [0.15, 0.2) is 5.43 Å². The van der Waals surface area contributed by atoms with Gasteiger partial charge < -0.3 is 14.8 Å². The molecule has 0 saturated heterocycles. The summed E-state index contributed by atoms with van der Waals surface area (Å²) in [7, 11) is 0. The number of fused-ring (bicyclic) bond motifs is 1. The van der Waals surface area contributed by atoms with E-state index in [9.17, 15) is 36.6 Å². The number of para-hydroxylation sites is 1. The second-order valence-corrected chi connectivity index (χ2v) is 7.76. The van der Waals surface area contributed by atoms with Crippen LogP contribution < -0.4 is 10.7 Å². The molecule has 2 N–H and O–H groups in total. The van der Waals surface area contributed by atoms with E-state index >= 15 is 0 Å². The number of benzene rings is 3. The van der Waals surface area contributed by atoms with Crippen molar-refractivity contribution in [3.63, 3.8) is 0 Å². The topological polar surface area (TPSA) is 79.5 Å². The number of carbonyl (C=O) groups is 1. The van der Waals surface area contributed by atoms with Crippen LogP contribution in [0.4, 0.5) is 27.6 Å². The summed E-state index contributed by atoms with van der Waals surface area (Å²) in [5, 5.41) is 11.8. The summed E-state index contributed by atoms with van der Waals surface area (Å²) in [6.07, 6.45) is -4.80. The Labute approximate surface area is 194 Å². The lowest BCUT2D eigenvalue weighted by Gasteiger charge is -2.20. The minimum absolute atomic E-state index is 0.114. The third-order valence-electron chi connectivity index (χ3n) is 5.38. The van der Waals surface area contributed by atoms with Gasteiger partial charge in [-0.3, -0.25) is 4.79 Å². The molecule has 4 aromatic rings. The lowest BCUT2D eigenvalue weighted by molar-refractivity contribution is -0.137. The molecule has 180 valence electrons. The van der Waals surface area contributed by atoms with Gasteiger partial charge >= 0.3 is 12.1 Å². The second-order valence-electron chi connectivity index (χ2n) is 7.76. The van der Waals surface area contributed by atoms with Gasteiger partial charge in [-0.2, -0.15) is 13.2 Å². The van der Waals surface area contributed by atoms with E-state index in [2.05, 4.69) is 5.32 Å². The normalized spacial score (nSPS) is 12.5. The van der Waals surface area contributed by atoms with Gasteiger partial charge in [0.05, 0.1) is 28.1 Å². The first-order chi connectivity index (χ1) is 16.5. The highest BCUT2D eigenvalue weighted by Crippen LogP contribution is 2.37. The molecule has 1 heterocycles. The molecule has 1 aromatic heterocycles. The van der Waals surface area contributed by atoms with Gasteiger partial charge in [0.25, 0.3) is 0 Å². The molecule has 0 fully saturated rings. The minimum Gasteiger partial charge on any atom is -0.478 e. The number of rotatable bonds is 5. The average molecular weight is 489 g/mol. The van der Waals surface area contributed by atoms with Crippen molar-refractivity contribution >= 4 is 22.6 Å². The Morgan fingerprint density at radius 1 is 1.03 bits per heavy atom. The number of hydrogen-bond donors (Lipinski definition) is 2. The van der Waals surface area contributed by atoms with Crippen molar-refractivity contribution in [3.8, 4) is 11.3 Å². The first-order valence-electron chi connectivity index (χ1n) is 10.2. The minimum atomic E-state index is -4.80. The van der Waals surface area contributed by atoms with Gasteiger partial charge in [-0.25, -0.2) is 13.6 Å². The quantitative estimate of drug-likeness (QED) is 0.308. The average Bonchev–Trinajstić information content (AvgIpc) is 2.78. The Bertz CT molecular complexity index is 1510. The Morgan fingerprint density at radius 3 is 2.40 bits per heavy atom. The van der Waals surface area contributed by atoms with Crippen molar-refractivity contribution in [3.05, 3.63) is 99.2 Å². The maximum absolute atomic E-state index is 14.3. The Hall–Kier alpha value is -4.21. The van der Waals surface area contributed by atoms with Crippen molar-refractivity contribution < 1.29 is 36.3 Å². The van der Waals surface area contributed by atoms with E-state index in [-0.39, 0.29) is 33.7 Å². The fourth-order valence-corrected chi connectivity index (χ4v) is 3.70. The van der Waals surface area contributed by atoms with Crippen LogP contribution in [0.3, 0.4) is 0 Å². The summed E-state index contributed by atoms with van der Waals surface area (Å²) >= 11 is 0. The van der Waals surface area contributed by atoms with Crippen molar-refractivity contribution in [1.29, 1.82) is 0 Å². The van der Waals surface area contributed by atoms with E-state index in [4.69, 9.17) is 4.42 Å². The highest BCUT2D eigenvalue weighted by Gasteiger charge is 2.33. The zero-order valence-corrected chi connectivity index (χ0v) is 17.9. The van der Waals surface area contributed by atoms with Crippen LogP contribution in [-0.2, 0) is 6.18 Å². The molecule has 0 saturated carbocycles. The summed E-state index contributed by atoms with van der Waals surface area (Å²) < 4.78 is 74.2. The summed E-state index contributed by atoms with van der Waals surface area (Å²) in [4.78, 5) is 24.3. The van der Waals surface area contributed by atoms with E-state index in [1.807, 2.05) is 0 Å². The maximum atomic E-state index is 14.3. The van der Waals surface area contributed by atoms with Crippen molar-refractivity contribution in [2.45, 2.75) is 19.1 Å². The zero-order valence-electron chi connectivity index (χ0n) is 17.9. The van der Waals surface area contributed by atoms with Crippen LogP contribution in [-0.4, -0.2) is 11.1 Å². The summed E-state index contributed by atoms with van der Waals surface area (Å²) in [5.74, 6) is -3.45. The number of nitrogens with one attached hydrogen (secondary N) is 1. The number of carboxylic acids is 1. The smallest absolute Gasteiger partial charge is 0.416 e. The lowest BCUT2D eigenvalue weighted by atomic mass is 9.99. The van der Waals surface area contributed by atoms with E-state index in [1.165, 1.54) is 25.1 Å². The molecule has 0 amide bonds. The number of alkyl halides is 3. The van der Waals surface area contributed by atoms with Crippen LogP contribution in [0, 0.1) is 11.6 Å². The Balaban J connectivity index is 1.94. The van der Waals surface area contributed by atoms with E-state index in [1.54, 1.807) is 6.07 Å². The molecule has 1 unspecified atom stereocenters. The van der Waals surface area contributed by atoms with Gasteiger partial charge in [0, 0.05) is 23.4 Å². The summed E-state index contributed by atoms with van der Waals surface area (Å²) in [5.41, 5.74) is -2.60. The third kappa shape index (κ3) is 4.72. The number of hydrogen-bond acceptors (Lipinski definition) is 4. The molecule has 1 atom stereocenters. The van der Waals surface area contributed by atoms with Crippen molar-refractivity contribution in [2.75, 3.05) is 5.32 Å². The molecular weight excluding hydrogens is 473 g/mol. The molecule has 10 heteroatoms. The predicted octanol–water partition coefficient (Wildman–Crippen LogP) is 6.63. The number of halogens is 5. The van der Waals surface area contributed by atoms with Crippen molar-refractivity contribution in [2.24, 2.45) is 0 Å². The van der Waals surface area contributed by atoms with E-state index < -0.39 is 46.2 Å². The molecule has 0 radical (unpaired) electrons. The first kappa shape index (κ1) is 23.9. The third-order valence-corrected chi connectivity index (χ3v) is 5.38. The van der Waals surface area contributed by atoms with Crippen molar-refractivity contribution in [1.82, 2.24) is 0 Å². The molecular formula is C25H16F5NO4. The largest absolute Gasteiger partial charge is 0.478 e. The van der Waals surface area contributed by atoms with Gasteiger partial charge in [-0.1, -0.05) is 12.1 Å². The SMILES string of the molecule is CC(Nc1ccccc1C(=O)O)c1cc(C(F)(F)F)cc2c(=O)cc(-c3ccc(F)cc3F)oc12. The van der Waals surface area contributed by atoms with Gasteiger partial charge in [0.2, 0.25) is 0 Å². The second kappa shape index (κ2) is 8.86. The molecule has 0 bridgehead atoms. The molecule has 4 rings (SSSR count). The van der Waals surface area contributed by atoms with Crippen LogP contribution in [0.2, 0.25) is 0 Å². The molecule has 0 spiro atoms. The first-order valence-corrected chi connectivity index (χ1v) is 10.2. The van der Waals surface area contributed by atoms with Crippen LogP contribution in [0.1, 0.15) is 34.5 Å². The lowest BCUT2D eigenvalue weighted by Crippen LogP contribution is -2.15. The number of anilines is 1. The highest BCUT2D eigenvalue weighted by molar-refractivity contribution is 5.94. The van der Waals surface area contributed by atoms with Gasteiger partial charge in [-0.15, -0.1) is 0 Å². The Morgan fingerprint density at radius 2 is 1.74 bits per heavy atom. The number of aromatic carboxylic acids is 1. The predicted molar refractivity (Wildman–Crippen MR) is 118 cm³/mol. The van der Waals surface area contributed by atoms with Crippen LogP contribution in [0.15, 0.2) is 69.9 Å². The van der Waals surface area contributed by atoms with E-state index in [0.717, 1.165) is 24.3 Å². The van der Waals surface area contributed by atoms with Gasteiger partial charge in [-0.05, 0) is 43.3 Å². The fourth-order valence-electron chi connectivity index (χ4n) is 3.70. The summed E-state index contributed by atoms with van der Waals surface area (Å²) in [6, 6.07) is 9.62. The molecule has 3 aromatic carbocycles. The van der Waals surface area contributed by atoms with Crippen LogP contribution in [0.5, 0.6) is 0 Å². The van der Waals surface area contributed by atoms with Gasteiger partial charge in [0.1, 0.15) is 23.0 Å². The number of carboxylic acid groups (broad SMARTS) is 1. The highest BCUT2D eigenvalue weighted by atomic mass is 19.4.